The lowest BCUT2D eigenvalue weighted by molar-refractivity contribution is 0.668. The fraction of sp³-hybridized carbons (Fsp3) is 0.0213. The highest BCUT2D eigenvalue weighted by Gasteiger charge is 2.39. The molecule has 0 spiro atoms. The van der Waals surface area contributed by atoms with E-state index in [1.807, 2.05) is 0 Å². The van der Waals surface area contributed by atoms with Crippen molar-refractivity contribution in [2.24, 2.45) is 0 Å². The largest absolute Gasteiger partial charge is 0.454 e. The molecule has 0 radical (unpaired) electrons. The number of furan rings is 2. The number of fused-ring (bicyclic) bond motifs is 12. The Balaban J connectivity index is 0.930. The summed E-state index contributed by atoms with van der Waals surface area (Å²) in [5.74, 6) is 0. The van der Waals surface area contributed by atoms with Crippen LogP contribution in [0.3, 0.4) is 0 Å². The van der Waals surface area contributed by atoms with Gasteiger partial charge in [-0.05, 0) is 196 Å². The Kier molecular flexibility index (Phi) is 13.3. The van der Waals surface area contributed by atoms with Crippen molar-refractivity contribution in [3.8, 4) is 89.0 Å². The number of rotatable bonds is 12. The van der Waals surface area contributed by atoms with Gasteiger partial charge in [-0.15, -0.1) is 0 Å². The Bertz CT molecular complexity index is 5780. The second-order valence-electron chi connectivity index (χ2n) is 25.8. The van der Waals surface area contributed by atoms with Gasteiger partial charge in [0.25, 0.3) is 0 Å². The summed E-state index contributed by atoms with van der Waals surface area (Å²) >= 11 is 0. The van der Waals surface area contributed by atoms with E-state index < -0.39 is 0 Å². The number of benzene rings is 16. The van der Waals surface area contributed by atoms with Crippen LogP contribution in [-0.2, 0) is 0 Å². The SMILES string of the molecule is Cc1ccc(-c2ccccc2)cc1N(c1ccc2c(-c3ccccc3)c3c(c(-c4ccccc4)c2c1)-c1c-3c(-c2ccccc2)c2cc(N(c3cc(-c4ccccc4)ccc3C)c3cccc4c3oc3ccccc34)ccc2c1-c1ccccc1)c1cccc2c1oc1ccccc12. The predicted molar refractivity (Wildman–Crippen MR) is 412 cm³/mol. The molecule has 98 heavy (non-hydrogen) atoms. The van der Waals surface area contributed by atoms with E-state index in [1.165, 1.54) is 44.5 Å². The first-order valence-electron chi connectivity index (χ1n) is 33.7. The molecule has 18 aromatic rings. The van der Waals surface area contributed by atoms with E-state index in [2.05, 4.69) is 363 Å². The quantitative estimate of drug-likeness (QED) is 0.122. The summed E-state index contributed by atoms with van der Waals surface area (Å²) in [5, 5.41) is 8.93. The summed E-state index contributed by atoms with van der Waals surface area (Å²) < 4.78 is 14.0. The lowest BCUT2D eigenvalue weighted by atomic mass is 9.65. The minimum atomic E-state index is 0.833. The highest BCUT2D eigenvalue weighted by Crippen LogP contribution is 2.66. The van der Waals surface area contributed by atoms with E-state index in [0.717, 1.165) is 155 Å². The van der Waals surface area contributed by atoms with Crippen LogP contribution in [0.1, 0.15) is 11.1 Å². The van der Waals surface area contributed by atoms with E-state index in [-0.39, 0.29) is 0 Å². The zero-order chi connectivity index (χ0) is 65.0. The van der Waals surface area contributed by atoms with E-state index >= 15 is 0 Å². The van der Waals surface area contributed by atoms with Gasteiger partial charge in [-0.3, -0.25) is 0 Å². The molecular formula is C94H62N2O2. The molecule has 0 unspecified atom stereocenters. The summed E-state index contributed by atoms with van der Waals surface area (Å²) in [6.45, 7) is 4.45. The van der Waals surface area contributed by atoms with Gasteiger partial charge in [-0.2, -0.15) is 0 Å². The molecule has 16 aromatic carbocycles. The van der Waals surface area contributed by atoms with Crippen LogP contribution in [0, 0.1) is 13.8 Å². The second-order valence-corrected chi connectivity index (χ2v) is 25.8. The van der Waals surface area contributed by atoms with Crippen molar-refractivity contribution in [1.82, 2.24) is 0 Å². The summed E-state index contributed by atoms with van der Waals surface area (Å²) in [5.41, 5.74) is 30.6. The van der Waals surface area contributed by atoms with Gasteiger partial charge < -0.3 is 18.6 Å². The third-order valence-corrected chi connectivity index (χ3v) is 20.2. The Morgan fingerprint density at radius 1 is 0.194 bits per heavy atom. The van der Waals surface area contributed by atoms with Crippen LogP contribution in [0.4, 0.5) is 34.1 Å². The number of aryl methyl sites for hydroxylation is 2. The Morgan fingerprint density at radius 2 is 0.500 bits per heavy atom. The van der Waals surface area contributed by atoms with Gasteiger partial charge in [0.2, 0.25) is 0 Å². The average Bonchev–Trinajstić information content (AvgIpc) is 0.860. The minimum absolute atomic E-state index is 0.833. The molecule has 0 aliphatic heterocycles. The molecule has 0 bridgehead atoms. The molecule has 4 nitrogen and oxygen atoms in total. The minimum Gasteiger partial charge on any atom is -0.454 e. The van der Waals surface area contributed by atoms with Gasteiger partial charge in [0.1, 0.15) is 11.2 Å². The van der Waals surface area contributed by atoms with Gasteiger partial charge in [-0.25, -0.2) is 0 Å². The Hall–Kier alpha value is -12.8. The summed E-state index contributed by atoms with van der Waals surface area (Å²) in [7, 11) is 0. The van der Waals surface area contributed by atoms with Crippen LogP contribution in [-0.4, -0.2) is 0 Å². The van der Waals surface area contributed by atoms with Gasteiger partial charge >= 0.3 is 0 Å². The third kappa shape index (κ3) is 9.06. The maximum atomic E-state index is 7.01. The van der Waals surface area contributed by atoms with Crippen LogP contribution in [0.5, 0.6) is 0 Å². The molecular weight excluding hydrogens is 1190 g/mol. The molecule has 0 fully saturated rings. The first-order valence-corrected chi connectivity index (χ1v) is 33.7. The summed E-state index contributed by atoms with van der Waals surface area (Å²) in [6.07, 6.45) is 0. The lowest BCUT2D eigenvalue weighted by Gasteiger charge is -2.38. The fourth-order valence-electron chi connectivity index (χ4n) is 15.7. The van der Waals surface area contributed by atoms with Crippen LogP contribution >= 0.6 is 0 Å². The molecule has 0 saturated heterocycles. The zero-order valence-corrected chi connectivity index (χ0v) is 54.0. The van der Waals surface area contributed by atoms with E-state index in [1.54, 1.807) is 0 Å². The van der Waals surface area contributed by atoms with Crippen molar-refractivity contribution in [2.45, 2.75) is 13.8 Å². The van der Waals surface area contributed by atoms with Crippen molar-refractivity contribution in [3.63, 3.8) is 0 Å². The highest BCUT2D eigenvalue weighted by atomic mass is 16.3. The smallest absolute Gasteiger partial charge is 0.159 e. The van der Waals surface area contributed by atoms with Crippen molar-refractivity contribution < 1.29 is 8.83 Å². The maximum absolute atomic E-state index is 7.01. The molecule has 0 atom stereocenters. The summed E-state index contributed by atoms with van der Waals surface area (Å²) in [6, 6.07) is 124. The molecule has 19 rings (SSSR count). The number of nitrogens with zero attached hydrogens (tertiary/aromatic N) is 2. The van der Waals surface area contributed by atoms with Crippen LogP contribution in [0.15, 0.2) is 349 Å². The summed E-state index contributed by atoms with van der Waals surface area (Å²) in [4.78, 5) is 4.89. The molecule has 2 heterocycles. The van der Waals surface area contributed by atoms with E-state index in [9.17, 15) is 0 Å². The first kappa shape index (κ1) is 56.8. The number of hydrogen-bond donors (Lipinski definition) is 0. The Labute approximate surface area is 568 Å². The Morgan fingerprint density at radius 3 is 0.857 bits per heavy atom. The standard InChI is InChI=1S/C94H62N2O2/c1-59-47-49-67(61-27-9-3-10-28-61)55-81(59)95(79-43-25-41-75-71-39-21-23-45-83(71)97-93(75)79)69-51-53-73-77(57-69)87(65-35-17-7-18-36-65)91-89(85(73)63-31-13-5-14-32-63)92-88(66-37-19-8-20-38-66)78-58-70(52-54-74(78)86(90(91)92)64-33-15-6-16-34-64)96(82-56-68(50-48-60(82)2)62-29-11-4-12-30-62)80-44-26-42-76-72-40-22-24-46-84(72)98-94(76)80/h3-58H,1-2H3. The monoisotopic (exact) mass is 1250 g/mol. The average molecular weight is 1250 g/mol. The first-order chi connectivity index (χ1) is 48.5. The van der Waals surface area contributed by atoms with E-state index in [4.69, 9.17) is 8.83 Å². The predicted octanol–water partition coefficient (Wildman–Crippen LogP) is 27.0. The maximum Gasteiger partial charge on any atom is 0.159 e. The topological polar surface area (TPSA) is 32.8 Å². The van der Waals surface area contributed by atoms with Gasteiger partial charge in [0.15, 0.2) is 11.2 Å². The van der Waals surface area contributed by atoms with Gasteiger partial charge in [0.05, 0.1) is 11.4 Å². The highest BCUT2D eigenvalue weighted by molar-refractivity contribution is 6.33. The third-order valence-electron chi connectivity index (χ3n) is 20.2. The van der Waals surface area contributed by atoms with Crippen molar-refractivity contribution in [3.05, 3.63) is 351 Å². The number of para-hydroxylation sites is 4. The molecule has 1 aliphatic rings. The normalized spacial score (nSPS) is 11.8. The second kappa shape index (κ2) is 23.0. The number of anilines is 6. The molecule has 1 aliphatic carbocycles. The lowest BCUT2D eigenvalue weighted by Crippen LogP contribution is -2.13. The van der Waals surface area contributed by atoms with E-state index in [0.29, 0.717) is 0 Å². The molecule has 460 valence electrons. The molecule has 2 aromatic heterocycles. The van der Waals surface area contributed by atoms with Crippen LogP contribution < -0.4 is 9.80 Å². The van der Waals surface area contributed by atoms with Crippen LogP contribution in [0.2, 0.25) is 0 Å². The molecule has 0 N–H and O–H groups in total. The van der Waals surface area contributed by atoms with Crippen LogP contribution in [0.25, 0.3) is 154 Å². The van der Waals surface area contributed by atoms with Gasteiger partial charge in [-0.1, -0.05) is 279 Å². The fourth-order valence-corrected chi connectivity index (χ4v) is 15.7. The molecule has 0 saturated carbocycles. The van der Waals surface area contributed by atoms with Crippen molar-refractivity contribution in [1.29, 1.82) is 0 Å². The van der Waals surface area contributed by atoms with Crippen molar-refractivity contribution in [2.75, 3.05) is 9.80 Å². The zero-order valence-electron chi connectivity index (χ0n) is 54.0. The molecule has 0 amide bonds. The molecule has 4 heteroatoms. The number of hydrogen-bond acceptors (Lipinski definition) is 4. The van der Waals surface area contributed by atoms with Gasteiger partial charge in [0, 0.05) is 44.3 Å². The van der Waals surface area contributed by atoms with Crippen molar-refractivity contribution >= 4 is 99.5 Å².